The van der Waals surface area contributed by atoms with Crippen LogP contribution in [0.25, 0.3) is 0 Å². The van der Waals surface area contributed by atoms with Crippen LogP contribution in [0.3, 0.4) is 0 Å². The molecule has 0 aliphatic heterocycles. The van der Waals surface area contributed by atoms with Gasteiger partial charge in [0.2, 0.25) is 0 Å². The zero-order chi connectivity index (χ0) is 8.53. The Labute approximate surface area is 75.1 Å². The van der Waals surface area contributed by atoms with Crippen LogP contribution in [-0.4, -0.2) is 31.3 Å². The number of hydrogen-bond donors (Lipinski definition) is 2. The Kier molecular flexibility index (Phi) is 12.1. The Morgan fingerprint density at radius 3 is 2.58 bits per heavy atom. The van der Waals surface area contributed by atoms with Crippen LogP contribution in [0.15, 0.2) is 12.8 Å². The summed E-state index contributed by atoms with van der Waals surface area (Å²) in [6.45, 7) is 11.1. The molecule has 0 fully saturated rings. The van der Waals surface area contributed by atoms with Gasteiger partial charge >= 0.3 is 0 Å². The minimum atomic E-state index is 0. The van der Waals surface area contributed by atoms with Crippen molar-refractivity contribution >= 4 is 0 Å². The molecule has 0 aromatic carbocycles. The SMILES string of the molecule is C=CNN(CC)CCOCC.N. The third-order valence-electron chi connectivity index (χ3n) is 1.37. The standard InChI is InChI=1S/C8H18N2O.H3N/c1-4-9-10(5-2)7-8-11-6-3;/h4,9H,1,5-8H2,2-3H3;1H3. The quantitative estimate of drug-likeness (QED) is 0.450. The predicted octanol–water partition coefficient (Wildman–Crippen LogP) is 1.15. The Bertz CT molecular complexity index is 98.3. The Morgan fingerprint density at radius 2 is 2.17 bits per heavy atom. The molecular formula is C8H21N3O. The lowest BCUT2D eigenvalue weighted by Crippen LogP contribution is -2.36. The molecule has 12 heavy (non-hydrogen) atoms. The lowest BCUT2D eigenvalue weighted by molar-refractivity contribution is 0.102. The number of nitrogens with zero attached hydrogens (tertiary/aromatic N) is 1. The summed E-state index contributed by atoms with van der Waals surface area (Å²) in [7, 11) is 0. The van der Waals surface area contributed by atoms with Crippen LogP contribution < -0.4 is 11.6 Å². The van der Waals surface area contributed by atoms with E-state index in [0.29, 0.717) is 0 Å². The van der Waals surface area contributed by atoms with Gasteiger partial charge in [0, 0.05) is 25.9 Å². The maximum absolute atomic E-state index is 5.20. The highest BCUT2D eigenvalue weighted by Crippen LogP contribution is 1.82. The zero-order valence-corrected chi connectivity index (χ0v) is 8.18. The summed E-state index contributed by atoms with van der Waals surface area (Å²) in [6.07, 6.45) is 1.68. The highest BCUT2D eigenvalue weighted by molar-refractivity contribution is 4.61. The van der Waals surface area contributed by atoms with Crippen LogP contribution in [0.5, 0.6) is 0 Å². The van der Waals surface area contributed by atoms with E-state index >= 15 is 0 Å². The average molecular weight is 175 g/mol. The van der Waals surface area contributed by atoms with Crippen LogP contribution >= 0.6 is 0 Å². The van der Waals surface area contributed by atoms with Gasteiger partial charge in [-0.3, -0.25) is 0 Å². The number of rotatable bonds is 7. The van der Waals surface area contributed by atoms with Gasteiger partial charge in [0.1, 0.15) is 0 Å². The van der Waals surface area contributed by atoms with Crippen LogP contribution in [0.1, 0.15) is 13.8 Å². The second-order valence-electron chi connectivity index (χ2n) is 2.11. The van der Waals surface area contributed by atoms with E-state index in [2.05, 4.69) is 18.9 Å². The molecule has 0 amide bonds. The lowest BCUT2D eigenvalue weighted by atomic mass is 10.6. The number of ether oxygens (including phenoxy) is 1. The lowest BCUT2D eigenvalue weighted by Gasteiger charge is -2.19. The molecule has 0 heterocycles. The summed E-state index contributed by atoms with van der Waals surface area (Å²) < 4.78 is 5.20. The Balaban J connectivity index is 0. The van der Waals surface area contributed by atoms with Gasteiger partial charge in [0.25, 0.3) is 0 Å². The number of likely N-dealkylation sites (N-methyl/N-ethyl adjacent to an activating group) is 1. The van der Waals surface area contributed by atoms with E-state index in [-0.39, 0.29) is 6.15 Å². The third kappa shape index (κ3) is 7.53. The van der Waals surface area contributed by atoms with Gasteiger partial charge in [-0.2, -0.15) is 0 Å². The summed E-state index contributed by atoms with van der Waals surface area (Å²) in [4.78, 5) is 0. The first-order valence-corrected chi connectivity index (χ1v) is 4.04. The fraction of sp³-hybridized carbons (Fsp3) is 0.750. The molecule has 74 valence electrons. The molecule has 0 aliphatic carbocycles. The van der Waals surface area contributed by atoms with Crippen LogP contribution in [0, 0.1) is 0 Å². The van der Waals surface area contributed by atoms with Crippen molar-refractivity contribution in [2.24, 2.45) is 0 Å². The summed E-state index contributed by atoms with van der Waals surface area (Å²) in [6, 6.07) is 0. The molecule has 0 aliphatic rings. The third-order valence-corrected chi connectivity index (χ3v) is 1.37. The Morgan fingerprint density at radius 1 is 1.50 bits per heavy atom. The minimum absolute atomic E-state index is 0. The van der Waals surface area contributed by atoms with Crippen molar-refractivity contribution in [1.82, 2.24) is 16.6 Å². The van der Waals surface area contributed by atoms with Crippen molar-refractivity contribution in [3.8, 4) is 0 Å². The van der Waals surface area contributed by atoms with E-state index < -0.39 is 0 Å². The molecule has 0 aromatic rings. The molecule has 0 radical (unpaired) electrons. The van der Waals surface area contributed by atoms with Crippen LogP contribution in [0.4, 0.5) is 0 Å². The minimum Gasteiger partial charge on any atom is -0.380 e. The number of hydrazine groups is 1. The first kappa shape index (κ1) is 14.0. The second-order valence-corrected chi connectivity index (χ2v) is 2.11. The zero-order valence-electron chi connectivity index (χ0n) is 8.18. The predicted molar refractivity (Wildman–Crippen MR) is 52.1 cm³/mol. The van der Waals surface area contributed by atoms with Gasteiger partial charge in [0.05, 0.1) is 6.61 Å². The van der Waals surface area contributed by atoms with E-state index in [1.165, 1.54) is 0 Å². The summed E-state index contributed by atoms with van der Waals surface area (Å²) in [5.74, 6) is 0. The summed E-state index contributed by atoms with van der Waals surface area (Å²) in [5, 5.41) is 2.04. The molecule has 0 saturated heterocycles. The van der Waals surface area contributed by atoms with Crippen molar-refractivity contribution in [2.45, 2.75) is 13.8 Å². The molecule has 0 rings (SSSR count). The highest BCUT2D eigenvalue weighted by atomic mass is 16.5. The van der Waals surface area contributed by atoms with Crippen molar-refractivity contribution in [3.05, 3.63) is 12.8 Å². The van der Waals surface area contributed by atoms with E-state index in [0.717, 1.165) is 26.3 Å². The highest BCUT2D eigenvalue weighted by Gasteiger charge is 1.96. The average Bonchev–Trinajstić information content (AvgIpc) is 2.03. The van der Waals surface area contributed by atoms with Crippen molar-refractivity contribution in [3.63, 3.8) is 0 Å². The molecule has 4 nitrogen and oxygen atoms in total. The van der Waals surface area contributed by atoms with E-state index in [9.17, 15) is 0 Å². The van der Waals surface area contributed by atoms with Crippen LogP contribution in [-0.2, 0) is 4.74 Å². The molecular weight excluding hydrogens is 154 g/mol. The maximum Gasteiger partial charge on any atom is 0.0611 e. The van der Waals surface area contributed by atoms with E-state index in [1.54, 1.807) is 6.20 Å². The molecule has 4 N–H and O–H groups in total. The van der Waals surface area contributed by atoms with Gasteiger partial charge in [0.15, 0.2) is 0 Å². The molecule has 0 atom stereocenters. The van der Waals surface area contributed by atoms with Gasteiger partial charge < -0.3 is 16.3 Å². The van der Waals surface area contributed by atoms with Crippen molar-refractivity contribution in [1.29, 1.82) is 0 Å². The van der Waals surface area contributed by atoms with Crippen molar-refractivity contribution in [2.75, 3.05) is 26.3 Å². The maximum atomic E-state index is 5.20. The van der Waals surface area contributed by atoms with Gasteiger partial charge in [-0.05, 0) is 6.92 Å². The van der Waals surface area contributed by atoms with Gasteiger partial charge in [-0.25, -0.2) is 5.01 Å². The largest absolute Gasteiger partial charge is 0.380 e. The summed E-state index contributed by atoms with van der Waals surface area (Å²) >= 11 is 0. The fourth-order valence-electron chi connectivity index (χ4n) is 0.762. The number of nitrogens with one attached hydrogen (secondary N) is 1. The molecule has 4 heteroatoms. The van der Waals surface area contributed by atoms with Crippen molar-refractivity contribution < 1.29 is 4.74 Å². The topological polar surface area (TPSA) is 59.5 Å². The first-order valence-electron chi connectivity index (χ1n) is 4.04. The van der Waals surface area contributed by atoms with Gasteiger partial charge in [-0.1, -0.05) is 13.5 Å². The first-order chi connectivity index (χ1) is 5.35. The monoisotopic (exact) mass is 175 g/mol. The molecule has 0 saturated carbocycles. The molecule has 0 aromatic heterocycles. The fourth-order valence-corrected chi connectivity index (χ4v) is 0.762. The van der Waals surface area contributed by atoms with E-state index in [1.807, 2.05) is 11.9 Å². The summed E-state index contributed by atoms with van der Waals surface area (Å²) in [5.41, 5.74) is 3.01. The van der Waals surface area contributed by atoms with Crippen LogP contribution in [0.2, 0.25) is 0 Å². The smallest absolute Gasteiger partial charge is 0.0611 e. The normalized spacial score (nSPS) is 9.25. The van der Waals surface area contributed by atoms with Gasteiger partial charge in [-0.15, -0.1) is 0 Å². The molecule has 0 spiro atoms. The molecule has 0 unspecified atom stereocenters. The van der Waals surface area contributed by atoms with E-state index in [4.69, 9.17) is 4.74 Å². The molecule has 0 bridgehead atoms. The second kappa shape index (κ2) is 10.4. The Hall–Kier alpha value is -0.580. The number of hydrogen-bond acceptors (Lipinski definition) is 4.